The molecule has 2 rings (SSSR count). The number of hydrogen-bond donors (Lipinski definition) is 5. The monoisotopic (exact) mass is 298 g/mol. The molecular formula is C13H18N2O4S. The van der Waals surface area contributed by atoms with Crippen molar-refractivity contribution >= 4 is 16.8 Å². The summed E-state index contributed by atoms with van der Waals surface area (Å²) in [6, 6.07) is 7.78. The molecule has 1 aromatic carbocycles. The third-order valence-electron chi connectivity index (χ3n) is 3.07. The van der Waals surface area contributed by atoms with Crippen LogP contribution in [-0.4, -0.2) is 55.8 Å². The van der Waals surface area contributed by atoms with Crippen LogP contribution in [0.1, 0.15) is 11.1 Å². The van der Waals surface area contributed by atoms with E-state index in [1.807, 2.05) is 31.2 Å². The van der Waals surface area contributed by atoms with Crippen LogP contribution >= 0.6 is 11.8 Å². The van der Waals surface area contributed by atoms with Gasteiger partial charge in [-0.3, -0.25) is 5.43 Å². The number of aliphatic hydroxyl groups excluding tert-OH is 4. The van der Waals surface area contributed by atoms with E-state index in [9.17, 15) is 15.3 Å². The fraction of sp³-hybridized carbons (Fsp3) is 0.462. The summed E-state index contributed by atoms with van der Waals surface area (Å²) >= 11 is 1.27. The van der Waals surface area contributed by atoms with Gasteiger partial charge < -0.3 is 20.4 Å². The molecule has 1 aliphatic heterocycles. The summed E-state index contributed by atoms with van der Waals surface area (Å²) in [7, 11) is 0. The van der Waals surface area contributed by atoms with Gasteiger partial charge in [0.25, 0.3) is 0 Å². The smallest absolute Gasteiger partial charge is 0.125 e. The Balaban J connectivity index is 1.99. The maximum Gasteiger partial charge on any atom is 0.125 e. The molecule has 0 saturated carbocycles. The van der Waals surface area contributed by atoms with Crippen molar-refractivity contribution in [1.29, 1.82) is 0 Å². The zero-order valence-corrected chi connectivity index (χ0v) is 11.8. The van der Waals surface area contributed by atoms with Gasteiger partial charge in [0.1, 0.15) is 28.7 Å². The number of nitrogens with one attached hydrogen (secondary N) is 1. The Morgan fingerprint density at radius 3 is 2.50 bits per heavy atom. The molecule has 20 heavy (non-hydrogen) atoms. The summed E-state index contributed by atoms with van der Waals surface area (Å²) in [5, 5.41) is 42.0. The molecule has 0 aliphatic carbocycles. The highest BCUT2D eigenvalue weighted by molar-refractivity contribution is 8.15. The van der Waals surface area contributed by atoms with Gasteiger partial charge in [0.15, 0.2) is 0 Å². The van der Waals surface area contributed by atoms with Crippen molar-refractivity contribution in [3.63, 3.8) is 0 Å². The van der Waals surface area contributed by atoms with E-state index in [2.05, 4.69) is 10.5 Å². The summed E-state index contributed by atoms with van der Waals surface area (Å²) < 4.78 is 0. The molecule has 0 radical (unpaired) electrons. The van der Waals surface area contributed by atoms with E-state index in [4.69, 9.17) is 5.11 Å². The van der Waals surface area contributed by atoms with Gasteiger partial charge in [-0.25, -0.2) is 0 Å². The Morgan fingerprint density at radius 1 is 1.25 bits per heavy atom. The van der Waals surface area contributed by atoms with E-state index in [0.29, 0.717) is 5.04 Å². The minimum atomic E-state index is -1.43. The number of hydrazone groups is 1. The number of nitrogens with zero attached hydrogens (tertiary/aromatic N) is 1. The van der Waals surface area contributed by atoms with Gasteiger partial charge in [-0.1, -0.05) is 41.6 Å². The number of thioether (sulfide) groups is 1. The van der Waals surface area contributed by atoms with Crippen LogP contribution < -0.4 is 5.43 Å². The number of aliphatic hydroxyl groups is 4. The van der Waals surface area contributed by atoms with Crippen LogP contribution in [-0.2, 0) is 0 Å². The summed E-state index contributed by atoms with van der Waals surface area (Å²) in [6.45, 7) is 1.38. The molecule has 110 valence electrons. The lowest BCUT2D eigenvalue weighted by atomic mass is 10.1. The van der Waals surface area contributed by atoms with Crippen LogP contribution in [0.3, 0.4) is 0 Å². The summed E-state index contributed by atoms with van der Waals surface area (Å²) in [5.41, 5.74) is 4.79. The summed E-state index contributed by atoms with van der Waals surface area (Å²) in [4.78, 5) is 0. The minimum absolute atomic E-state index is 0.567. The zero-order chi connectivity index (χ0) is 14.7. The highest BCUT2D eigenvalue weighted by Crippen LogP contribution is 2.26. The maximum atomic E-state index is 9.95. The highest BCUT2D eigenvalue weighted by Gasteiger charge is 2.35. The van der Waals surface area contributed by atoms with Crippen molar-refractivity contribution in [2.75, 3.05) is 6.61 Å². The SMILES string of the molecule is Cc1ccc(C2=NN[C@@H]([C@@H](O)[C@H](O)[C@H](O)CO)S2)cc1. The molecule has 4 atom stereocenters. The van der Waals surface area contributed by atoms with Gasteiger partial charge in [0.2, 0.25) is 0 Å². The van der Waals surface area contributed by atoms with E-state index in [-0.39, 0.29) is 0 Å². The average molecular weight is 298 g/mol. The lowest BCUT2D eigenvalue weighted by Gasteiger charge is -2.25. The topological polar surface area (TPSA) is 105 Å². The predicted molar refractivity (Wildman–Crippen MR) is 77.3 cm³/mol. The van der Waals surface area contributed by atoms with Crippen LogP contribution in [0.25, 0.3) is 0 Å². The first-order valence-electron chi connectivity index (χ1n) is 6.25. The second kappa shape index (κ2) is 6.55. The van der Waals surface area contributed by atoms with Crippen molar-refractivity contribution in [2.24, 2.45) is 5.10 Å². The second-order valence-electron chi connectivity index (χ2n) is 4.68. The Bertz CT molecular complexity index is 480. The molecule has 6 nitrogen and oxygen atoms in total. The average Bonchev–Trinajstić information content (AvgIpc) is 2.95. The first-order chi connectivity index (χ1) is 9.52. The number of rotatable bonds is 5. The zero-order valence-electron chi connectivity index (χ0n) is 11.0. The molecule has 7 heteroatoms. The molecular weight excluding hydrogens is 280 g/mol. The van der Waals surface area contributed by atoms with Gasteiger partial charge in [0.05, 0.1) is 6.61 Å². The molecule has 0 fully saturated rings. The normalized spacial score (nSPS) is 22.9. The van der Waals surface area contributed by atoms with E-state index >= 15 is 0 Å². The number of benzene rings is 1. The predicted octanol–water partition coefficient (Wildman–Crippen LogP) is -0.606. The van der Waals surface area contributed by atoms with Crippen molar-refractivity contribution in [2.45, 2.75) is 30.6 Å². The highest BCUT2D eigenvalue weighted by atomic mass is 32.2. The Morgan fingerprint density at radius 2 is 1.90 bits per heavy atom. The third kappa shape index (κ3) is 3.31. The Labute approximate surface area is 121 Å². The third-order valence-corrected chi connectivity index (χ3v) is 4.26. The van der Waals surface area contributed by atoms with E-state index in [1.54, 1.807) is 0 Å². The van der Waals surface area contributed by atoms with Gasteiger partial charge in [0, 0.05) is 5.56 Å². The molecule has 0 spiro atoms. The van der Waals surface area contributed by atoms with Crippen molar-refractivity contribution < 1.29 is 20.4 Å². The van der Waals surface area contributed by atoms with Gasteiger partial charge in [-0.2, -0.15) is 5.10 Å². The lowest BCUT2D eigenvalue weighted by molar-refractivity contribution is -0.0779. The quantitative estimate of drug-likeness (QED) is 0.497. The van der Waals surface area contributed by atoms with Crippen molar-refractivity contribution in [3.05, 3.63) is 35.4 Å². The molecule has 0 aromatic heterocycles. The fourth-order valence-electron chi connectivity index (χ4n) is 1.78. The largest absolute Gasteiger partial charge is 0.394 e. The molecule has 0 saturated heterocycles. The van der Waals surface area contributed by atoms with E-state index < -0.39 is 30.3 Å². The van der Waals surface area contributed by atoms with Crippen molar-refractivity contribution in [1.82, 2.24) is 5.43 Å². The Kier molecular flexibility index (Phi) is 5.00. The molecule has 1 aromatic rings. The second-order valence-corrected chi connectivity index (χ2v) is 5.81. The van der Waals surface area contributed by atoms with Gasteiger partial charge in [-0.05, 0) is 6.92 Å². The van der Waals surface area contributed by atoms with Crippen LogP contribution in [0.15, 0.2) is 29.4 Å². The molecule has 1 aliphatic rings. The molecule has 0 amide bonds. The fourth-order valence-corrected chi connectivity index (χ4v) is 2.81. The lowest BCUT2D eigenvalue weighted by Crippen LogP contribution is -2.47. The number of aryl methyl sites for hydroxylation is 1. The van der Waals surface area contributed by atoms with Crippen LogP contribution in [0.2, 0.25) is 0 Å². The van der Waals surface area contributed by atoms with Crippen LogP contribution in [0.4, 0.5) is 0 Å². The van der Waals surface area contributed by atoms with Gasteiger partial charge >= 0.3 is 0 Å². The van der Waals surface area contributed by atoms with Gasteiger partial charge in [-0.15, -0.1) is 0 Å². The number of hydrogen-bond acceptors (Lipinski definition) is 7. The van der Waals surface area contributed by atoms with Crippen LogP contribution in [0.5, 0.6) is 0 Å². The first kappa shape index (κ1) is 15.3. The Hall–Kier alpha value is -1.12. The van der Waals surface area contributed by atoms with E-state index in [1.165, 1.54) is 11.8 Å². The molecule has 1 heterocycles. The summed E-state index contributed by atoms with van der Waals surface area (Å²) in [6.07, 6.45) is -4.05. The molecule has 5 N–H and O–H groups in total. The molecule has 0 bridgehead atoms. The van der Waals surface area contributed by atoms with E-state index in [0.717, 1.165) is 11.1 Å². The standard InChI is InChI=1S/C13H18N2O4S/c1-7-2-4-8(5-3-7)12-14-15-13(20-12)11(19)10(18)9(17)6-16/h2-5,9-11,13,15-19H,6H2,1H3/t9-,10-,11+,13-/m1/s1. The minimum Gasteiger partial charge on any atom is -0.394 e. The van der Waals surface area contributed by atoms with Crippen molar-refractivity contribution in [3.8, 4) is 0 Å². The summed E-state index contributed by atoms with van der Waals surface area (Å²) in [5.74, 6) is 0. The molecule has 0 unspecified atom stereocenters. The maximum absolute atomic E-state index is 9.95. The van der Waals surface area contributed by atoms with Crippen LogP contribution in [0, 0.1) is 6.92 Å². The first-order valence-corrected chi connectivity index (χ1v) is 7.13.